The molecular formula is C20H29NO5. The SMILES string of the molecule is Cc1ccc(NC(=O)OC(C)(C)C)c(C(=O)CCC(=O)OC(C)(C)C)c1. The van der Waals surface area contributed by atoms with Crippen LogP contribution in [0.25, 0.3) is 0 Å². The van der Waals surface area contributed by atoms with Crippen LogP contribution in [0.1, 0.15) is 70.3 Å². The Balaban J connectivity index is 2.84. The molecule has 6 heteroatoms. The molecule has 1 aromatic rings. The fourth-order valence-corrected chi connectivity index (χ4v) is 2.15. The summed E-state index contributed by atoms with van der Waals surface area (Å²) in [5.41, 5.74) is 0.349. The van der Waals surface area contributed by atoms with Gasteiger partial charge in [-0.15, -0.1) is 0 Å². The van der Waals surface area contributed by atoms with Crippen LogP contribution in [-0.2, 0) is 14.3 Å². The van der Waals surface area contributed by atoms with Gasteiger partial charge in [0.1, 0.15) is 11.2 Å². The second-order valence-electron chi connectivity index (χ2n) is 8.19. The summed E-state index contributed by atoms with van der Waals surface area (Å²) in [5, 5.41) is 2.60. The van der Waals surface area contributed by atoms with Crippen molar-refractivity contribution in [2.75, 3.05) is 5.32 Å². The zero-order valence-electron chi connectivity index (χ0n) is 16.7. The van der Waals surface area contributed by atoms with Crippen molar-refractivity contribution in [1.82, 2.24) is 0 Å². The highest BCUT2D eigenvalue weighted by Gasteiger charge is 2.21. The lowest BCUT2D eigenvalue weighted by Crippen LogP contribution is -2.28. The van der Waals surface area contributed by atoms with Crippen LogP contribution in [0.4, 0.5) is 10.5 Å². The number of nitrogens with one attached hydrogen (secondary N) is 1. The molecule has 6 nitrogen and oxygen atoms in total. The number of carbonyl (C=O) groups is 3. The van der Waals surface area contributed by atoms with Gasteiger partial charge in [-0.05, 0) is 60.6 Å². The van der Waals surface area contributed by atoms with Gasteiger partial charge in [-0.3, -0.25) is 14.9 Å². The summed E-state index contributed by atoms with van der Waals surface area (Å²) in [4.78, 5) is 36.4. The van der Waals surface area contributed by atoms with Gasteiger partial charge in [0.05, 0.1) is 12.1 Å². The monoisotopic (exact) mass is 363 g/mol. The van der Waals surface area contributed by atoms with Crippen molar-refractivity contribution >= 4 is 23.5 Å². The summed E-state index contributed by atoms with van der Waals surface area (Å²) in [6.07, 6.45) is -0.653. The molecule has 0 fully saturated rings. The summed E-state index contributed by atoms with van der Waals surface area (Å²) in [5.74, 6) is -0.675. The van der Waals surface area contributed by atoms with Gasteiger partial charge in [-0.1, -0.05) is 11.6 Å². The predicted octanol–water partition coefficient (Wildman–Crippen LogP) is 4.65. The van der Waals surface area contributed by atoms with Crippen LogP contribution in [0, 0.1) is 6.92 Å². The number of carbonyl (C=O) groups excluding carboxylic acids is 3. The van der Waals surface area contributed by atoms with E-state index in [2.05, 4.69) is 5.32 Å². The third-order valence-corrected chi connectivity index (χ3v) is 3.09. The van der Waals surface area contributed by atoms with Crippen molar-refractivity contribution in [3.8, 4) is 0 Å². The average Bonchev–Trinajstić information content (AvgIpc) is 2.42. The molecule has 0 aliphatic heterocycles. The Hall–Kier alpha value is -2.37. The summed E-state index contributed by atoms with van der Waals surface area (Å²) >= 11 is 0. The number of hydrogen-bond acceptors (Lipinski definition) is 5. The first-order valence-electron chi connectivity index (χ1n) is 8.62. The van der Waals surface area contributed by atoms with Crippen LogP contribution in [-0.4, -0.2) is 29.0 Å². The van der Waals surface area contributed by atoms with E-state index in [0.717, 1.165) is 5.56 Å². The number of amides is 1. The van der Waals surface area contributed by atoms with Gasteiger partial charge in [0.25, 0.3) is 0 Å². The number of benzene rings is 1. The fraction of sp³-hybridized carbons (Fsp3) is 0.550. The molecule has 0 atom stereocenters. The Morgan fingerprint density at radius 1 is 0.923 bits per heavy atom. The molecule has 0 aromatic heterocycles. The molecule has 0 saturated carbocycles. The third-order valence-electron chi connectivity index (χ3n) is 3.09. The van der Waals surface area contributed by atoms with Crippen molar-refractivity contribution in [3.63, 3.8) is 0 Å². The van der Waals surface area contributed by atoms with Crippen molar-refractivity contribution in [2.45, 2.75) is 72.5 Å². The highest BCUT2D eigenvalue weighted by molar-refractivity contribution is 6.04. The minimum atomic E-state index is -0.643. The van der Waals surface area contributed by atoms with Crippen LogP contribution < -0.4 is 5.32 Å². The molecule has 1 rings (SSSR count). The van der Waals surface area contributed by atoms with E-state index in [0.29, 0.717) is 11.3 Å². The van der Waals surface area contributed by atoms with E-state index < -0.39 is 23.3 Å². The zero-order chi connectivity index (χ0) is 20.1. The van der Waals surface area contributed by atoms with Gasteiger partial charge in [0.15, 0.2) is 5.78 Å². The summed E-state index contributed by atoms with van der Waals surface area (Å²) in [6.45, 7) is 12.4. The number of rotatable bonds is 5. The largest absolute Gasteiger partial charge is 0.460 e. The third kappa shape index (κ3) is 8.14. The Bertz CT molecular complexity index is 680. The Labute approximate surface area is 155 Å². The number of esters is 1. The molecule has 0 saturated heterocycles. The highest BCUT2D eigenvalue weighted by atomic mass is 16.6. The van der Waals surface area contributed by atoms with E-state index in [1.165, 1.54) is 0 Å². The maximum Gasteiger partial charge on any atom is 0.412 e. The lowest BCUT2D eigenvalue weighted by molar-refractivity contribution is -0.154. The lowest BCUT2D eigenvalue weighted by atomic mass is 10.0. The highest BCUT2D eigenvalue weighted by Crippen LogP contribution is 2.21. The quantitative estimate of drug-likeness (QED) is 0.608. The zero-order valence-corrected chi connectivity index (χ0v) is 16.7. The minimum absolute atomic E-state index is 0.00135. The van der Waals surface area contributed by atoms with E-state index in [9.17, 15) is 14.4 Å². The minimum Gasteiger partial charge on any atom is -0.460 e. The average molecular weight is 363 g/mol. The standard InChI is InChI=1S/C20H29NO5/c1-13-8-9-15(21-18(24)26-20(5,6)7)14(12-13)16(22)10-11-17(23)25-19(2,3)4/h8-9,12H,10-11H2,1-7H3,(H,21,24). The predicted molar refractivity (Wildman–Crippen MR) is 100 cm³/mol. The van der Waals surface area contributed by atoms with Crippen molar-refractivity contribution in [3.05, 3.63) is 29.3 Å². The maximum absolute atomic E-state index is 12.6. The molecule has 0 aliphatic rings. The van der Waals surface area contributed by atoms with Crippen LogP contribution in [0.5, 0.6) is 0 Å². The molecule has 0 bridgehead atoms. The number of ketones is 1. The van der Waals surface area contributed by atoms with Crippen LogP contribution in [0.3, 0.4) is 0 Å². The second-order valence-corrected chi connectivity index (χ2v) is 8.19. The molecule has 26 heavy (non-hydrogen) atoms. The van der Waals surface area contributed by atoms with Crippen molar-refractivity contribution in [2.24, 2.45) is 0 Å². The topological polar surface area (TPSA) is 81.7 Å². The second kappa shape index (κ2) is 8.34. The van der Waals surface area contributed by atoms with Gasteiger partial charge in [0.2, 0.25) is 0 Å². The maximum atomic E-state index is 12.6. The van der Waals surface area contributed by atoms with E-state index >= 15 is 0 Å². The smallest absolute Gasteiger partial charge is 0.412 e. The fourth-order valence-electron chi connectivity index (χ4n) is 2.15. The Morgan fingerprint density at radius 2 is 1.50 bits per heavy atom. The van der Waals surface area contributed by atoms with Crippen LogP contribution in [0.2, 0.25) is 0 Å². The molecule has 1 aromatic carbocycles. The first-order valence-corrected chi connectivity index (χ1v) is 8.62. The molecule has 0 radical (unpaired) electrons. The number of anilines is 1. The van der Waals surface area contributed by atoms with Gasteiger partial charge < -0.3 is 9.47 Å². The summed E-state index contributed by atoms with van der Waals surface area (Å²) in [7, 11) is 0. The lowest BCUT2D eigenvalue weighted by Gasteiger charge is -2.21. The van der Waals surface area contributed by atoms with Crippen molar-refractivity contribution < 1.29 is 23.9 Å². The van der Waals surface area contributed by atoms with E-state index in [-0.39, 0.29) is 18.6 Å². The molecular weight excluding hydrogens is 334 g/mol. The number of ether oxygens (including phenoxy) is 2. The molecule has 0 heterocycles. The van der Waals surface area contributed by atoms with Gasteiger partial charge in [0, 0.05) is 12.0 Å². The molecule has 1 N–H and O–H groups in total. The van der Waals surface area contributed by atoms with Gasteiger partial charge in [-0.25, -0.2) is 4.79 Å². The molecule has 144 valence electrons. The van der Waals surface area contributed by atoms with E-state index in [1.807, 2.05) is 6.92 Å². The first-order chi connectivity index (χ1) is 11.8. The van der Waals surface area contributed by atoms with Gasteiger partial charge >= 0.3 is 12.1 Å². The Kier molecular flexibility index (Phi) is 6.95. The first kappa shape index (κ1) is 21.7. The number of aryl methyl sites for hydroxylation is 1. The van der Waals surface area contributed by atoms with Crippen molar-refractivity contribution in [1.29, 1.82) is 0 Å². The van der Waals surface area contributed by atoms with Crippen LogP contribution in [0.15, 0.2) is 18.2 Å². The number of Topliss-reactive ketones (excluding diaryl/α,β-unsaturated/α-hetero) is 1. The summed E-state index contributed by atoms with van der Waals surface area (Å²) < 4.78 is 10.4. The molecule has 0 aliphatic carbocycles. The van der Waals surface area contributed by atoms with E-state index in [1.54, 1.807) is 59.7 Å². The number of hydrogen-bond donors (Lipinski definition) is 1. The van der Waals surface area contributed by atoms with Crippen LogP contribution >= 0.6 is 0 Å². The molecule has 0 unspecified atom stereocenters. The Morgan fingerprint density at radius 3 is 2.04 bits per heavy atom. The van der Waals surface area contributed by atoms with Gasteiger partial charge in [-0.2, -0.15) is 0 Å². The van der Waals surface area contributed by atoms with E-state index in [4.69, 9.17) is 9.47 Å². The molecule has 0 spiro atoms. The molecule has 1 amide bonds. The normalized spacial score (nSPS) is 11.7. The summed E-state index contributed by atoms with van der Waals surface area (Å²) in [6, 6.07) is 5.13.